The predicted octanol–water partition coefficient (Wildman–Crippen LogP) is 3.46. The Kier molecular flexibility index (Phi) is 5.04. The summed E-state index contributed by atoms with van der Waals surface area (Å²) < 4.78 is 13.3. The second-order valence-corrected chi connectivity index (χ2v) is 6.53. The van der Waals surface area contributed by atoms with Crippen molar-refractivity contribution in [3.63, 3.8) is 0 Å². The number of aromatic nitrogens is 2. The Bertz CT molecular complexity index is 987. The van der Waals surface area contributed by atoms with Crippen molar-refractivity contribution >= 4 is 23.2 Å². The van der Waals surface area contributed by atoms with Gasteiger partial charge in [0, 0.05) is 17.1 Å². The number of thiazole rings is 1. The van der Waals surface area contributed by atoms with Crippen LogP contribution in [0.2, 0.25) is 0 Å². The van der Waals surface area contributed by atoms with Crippen molar-refractivity contribution < 1.29 is 18.8 Å². The van der Waals surface area contributed by atoms with Crippen LogP contribution in [0.15, 0.2) is 41.9 Å². The van der Waals surface area contributed by atoms with E-state index < -0.39 is 11.9 Å². The molecule has 0 aliphatic heterocycles. The zero-order valence-corrected chi connectivity index (χ0v) is 14.8. The van der Waals surface area contributed by atoms with E-state index in [1.807, 2.05) is 0 Å². The molecule has 0 saturated carbocycles. The molecule has 8 heteroatoms. The average molecular weight is 371 g/mol. The van der Waals surface area contributed by atoms with Crippen LogP contribution < -0.4 is 5.48 Å². The highest BCUT2D eigenvalue weighted by molar-refractivity contribution is 7.09. The van der Waals surface area contributed by atoms with Crippen molar-refractivity contribution in [3.8, 4) is 11.1 Å². The standard InChI is InChI=1S/C18H14FN3O3S/c1-10-6-13(12-4-3-5-14(19)7-12)8-20-16(10)17(23)22-25-18(24)15-9-26-11(2)21-15/h3-9H,1-2H3,(H,22,23). The Morgan fingerprint density at radius 2 is 2.00 bits per heavy atom. The molecule has 2 aromatic heterocycles. The maximum atomic E-state index is 13.3. The van der Waals surface area contributed by atoms with E-state index >= 15 is 0 Å². The number of carbonyl (C=O) groups excluding carboxylic acids is 2. The smallest absolute Gasteiger partial charge is 0.333 e. The molecule has 0 radical (unpaired) electrons. The summed E-state index contributed by atoms with van der Waals surface area (Å²) in [7, 11) is 0. The van der Waals surface area contributed by atoms with E-state index in [9.17, 15) is 14.0 Å². The number of halogens is 1. The van der Waals surface area contributed by atoms with Crippen molar-refractivity contribution in [2.45, 2.75) is 13.8 Å². The maximum absolute atomic E-state index is 13.3. The predicted molar refractivity (Wildman–Crippen MR) is 94.1 cm³/mol. The Hall–Kier alpha value is -3.13. The molecule has 1 aromatic carbocycles. The van der Waals surface area contributed by atoms with Gasteiger partial charge in [-0.05, 0) is 43.2 Å². The third-order valence-electron chi connectivity index (χ3n) is 3.52. The van der Waals surface area contributed by atoms with Crippen molar-refractivity contribution in [1.29, 1.82) is 0 Å². The fraction of sp³-hybridized carbons (Fsp3) is 0.111. The van der Waals surface area contributed by atoms with E-state index in [-0.39, 0.29) is 17.2 Å². The Morgan fingerprint density at radius 1 is 1.19 bits per heavy atom. The lowest BCUT2D eigenvalue weighted by molar-refractivity contribution is 0.0223. The maximum Gasteiger partial charge on any atom is 0.382 e. The van der Waals surface area contributed by atoms with Gasteiger partial charge in [0.1, 0.15) is 11.5 Å². The summed E-state index contributed by atoms with van der Waals surface area (Å²) in [6, 6.07) is 7.79. The number of benzene rings is 1. The quantitative estimate of drug-likeness (QED) is 0.713. The second kappa shape index (κ2) is 7.40. The largest absolute Gasteiger partial charge is 0.382 e. The fourth-order valence-corrected chi connectivity index (χ4v) is 2.87. The highest BCUT2D eigenvalue weighted by Crippen LogP contribution is 2.21. The second-order valence-electron chi connectivity index (χ2n) is 5.47. The monoisotopic (exact) mass is 371 g/mol. The Balaban J connectivity index is 1.71. The number of carbonyl (C=O) groups is 2. The molecule has 3 rings (SSSR count). The summed E-state index contributed by atoms with van der Waals surface area (Å²) >= 11 is 1.30. The number of nitrogens with one attached hydrogen (secondary N) is 1. The third-order valence-corrected chi connectivity index (χ3v) is 4.29. The summed E-state index contributed by atoms with van der Waals surface area (Å²) in [4.78, 5) is 36.8. The van der Waals surface area contributed by atoms with E-state index in [1.54, 1.807) is 37.4 Å². The normalized spacial score (nSPS) is 10.4. The third kappa shape index (κ3) is 3.92. The van der Waals surface area contributed by atoms with Gasteiger partial charge in [-0.2, -0.15) is 5.48 Å². The number of aryl methyl sites for hydroxylation is 2. The molecule has 132 valence electrons. The number of hydroxylamine groups is 1. The number of pyridine rings is 1. The van der Waals surface area contributed by atoms with Crippen LogP contribution in [0, 0.1) is 19.7 Å². The topological polar surface area (TPSA) is 81.2 Å². The van der Waals surface area contributed by atoms with E-state index in [4.69, 9.17) is 4.84 Å². The highest BCUT2D eigenvalue weighted by atomic mass is 32.1. The number of hydrogen-bond acceptors (Lipinski definition) is 6. The van der Waals surface area contributed by atoms with Gasteiger partial charge < -0.3 is 4.84 Å². The molecule has 0 aliphatic carbocycles. The van der Waals surface area contributed by atoms with Gasteiger partial charge in [-0.25, -0.2) is 14.2 Å². The zero-order valence-electron chi connectivity index (χ0n) is 13.9. The lowest BCUT2D eigenvalue weighted by atomic mass is 10.0. The van der Waals surface area contributed by atoms with Crippen molar-refractivity contribution in [3.05, 3.63) is 69.7 Å². The first-order chi connectivity index (χ1) is 12.4. The molecule has 0 bridgehead atoms. The van der Waals surface area contributed by atoms with E-state index in [0.717, 1.165) is 0 Å². The average Bonchev–Trinajstić information content (AvgIpc) is 3.06. The fourth-order valence-electron chi connectivity index (χ4n) is 2.29. The minimum atomic E-state index is -0.753. The molecule has 3 aromatic rings. The van der Waals surface area contributed by atoms with Gasteiger partial charge in [0.05, 0.1) is 5.01 Å². The zero-order chi connectivity index (χ0) is 18.7. The van der Waals surface area contributed by atoms with Crippen LogP contribution >= 0.6 is 11.3 Å². The minimum Gasteiger partial charge on any atom is -0.333 e. The highest BCUT2D eigenvalue weighted by Gasteiger charge is 2.16. The summed E-state index contributed by atoms with van der Waals surface area (Å²) in [5, 5.41) is 2.26. The molecule has 0 aliphatic rings. The van der Waals surface area contributed by atoms with Gasteiger partial charge >= 0.3 is 11.9 Å². The van der Waals surface area contributed by atoms with Gasteiger partial charge in [0.15, 0.2) is 5.69 Å². The molecule has 2 heterocycles. The minimum absolute atomic E-state index is 0.104. The first-order valence-corrected chi connectivity index (χ1v) is 8.48. The number of hydrogen-bond donors (Lipinski definition) is 1. The number of nitrogens with zero attached hydrogens (tertiary/aromatic N) is 2. The van der Waals surface area contributed by atoms with Crippen LogP contribution in [0.1, 0.15) is 31.5 Å². The Morgan fingerprint density at radius 3 is 2.65 bits per heavy atom. The van der Waals surface area contributed by atoms with Crippen LogP contribution in [0.25, 0.3) is 11.1 Å². The van der Waals surface area contributed by atoms with Crippen LogP contribution in [0.4, 0.5) is 4.39 Å². The van der Waals surface area contributed by atoms with Crippen LogP contribution in [0.3, 0.4) is 0 Å². The van der Waals surface area contributed by atoms with Crippen LogP contribution in [-0.4, -0.2) is 21.8 Å². The summed E-state index contributed by atoms with van der Waals surface area (Å²) in [5.74, 6) is -1.77. The molecule has 0 unspecified atom stereocenters. The molecule has 1 amide bonds. The molecule has 26 heavy (non-hydrogen) atoms. The van der Waals surface area contributed by atoms with E-state index in [2.05, 4.69) is 15.4 Å². The summed E-state index contributed by atoms with van der Waals surface area (Å²) in [6.07, 6.45) is 1.46. The van der Waals surface area contributed by atoms with Crippen LogP contribution in [0.5, 0.6) is 0 Å². The van der Waals surface area contributed by atoms with Gasteiger partial charge in [-0.3, -0.25) is 9.78 Å². The molecule has 0 spiro atoms. The van der Waals surface area contributed by atoms with Gasteiger partial charge in [-0.15, -0.1) is 11.3 Å². The molecular formula is C18H14FN3O3S. The van der Waals surface area contributed by atoms with Crippen molar-refractivity contribution in [2.75, 3.05) is 0 Å². The van der Waals surface area contributed by atoms with Gasteiger partial charge in [0.2, 0.25) is 0 Å². The molecule has 0 atom stereocenters. The lowest BCUT2D eigenvalue weighted by Crippen LogP contribution is -2.28. The van der Waals surface area contributed by atoms with Gasteiger partial charge in [-0.1, -0.05) is 12.1 Å². The molecule has 6 nitrogen and oxygen atoms in total. The lowest BCUT2D eigenvalue weighted by Gasteiger charge is -2.08. The van der Waals surface area contributed by atoms with Crippen LogP contribution in [-0.2, 0) is 4.84 Å². The molecule has 0 fully saturated rings. The Labute approximate surface area is 152 Å². The van der Waals surface area contributed by atoms with Gasteiger partial charge in [0.25, 0.3) is 0 Å². The molecule has 1 N–H and O–H groups in total. The molecular weight excluding hydrogens is 357 g/mol. The summed E-state index contributed by atoms with van der Waals surface area (Å²) in [5.41, 5.74) is 4.18. The number of amides is 1. The van der Waals surface area contributed by atoms with E-state index in [0.29, 0.717) is 21.7 Å². The van der Waals surface area contributed by atoms with Crippen molar-refractivity contribution in [1.82, 2.24) is 15.4 Å². The molecule has 0 saturated heterocycles. The first-order valence-electron chi connectivity index (χ1n) is 7.60. The number of rotatable bonds is 3. The SMILES string of the molecule is Cc1nc(C(=O)ONC(=O)c2ncc(-c3cccc(F)c3)cc2C)cs1. The summed E-state index contributed by atoms with van der Waals surface area (Å²) in [6.45, 7) is 3.45. The van der Waals surface area contributed by atoms with E-state index in [1.165, 1.54) is 29.7 Å². The van der Waals surface area contributed by atoms with Crippen molar-refractivity contribution in [2.24, 2.45) is 0 Å². The first kappa shape index (κ1) is 17.7.